The molecule has 0 unspecified atom stereocenters. The van der Waals surface area contributed by atoms with Crippen molar-refractivity contribution >= 4 is 23.0 Å². The number of hydrogen-bond acceptors (Lipinski definition) is 2. The van der Waals surface area contributed by atoms with E-state index < -0.39 is 0 Å². The molecule has 0 atom stereocenters. The van der Waals surface area contributed by atoms with Crippen LogP contribution in [0.4, 0.5) is 5.69 Å². The van der Waals surface area contributed by atoms with Gasteiger partial charge in [0.15, 0.2) is 0 Å². The van der Waals surface area contributed by atoms with Crippen LogP contribution in [0.15, 0.2) is 18.2 Å². The molecule has 2 nitrogen and oxygen atoms in total. The van der Waals surface area contributed by atoms with E-state index in [1.54, 1.807) is 18.2 Å². The van der Waals surface area contributed by atoms with E-state index in [0.29, 0.717) is 22.8 Å². The summed E-state index contributed by atoms with van der Waals surface area (Å²) < 4.78 is 0. The number of rotatable bonds is 2. The molecule has 0 aliphatic heterocycles. The van der Waals surface area contributed by atoms with Crippen LogP contribution in [0, 0.1) is 5.41 Å². The topological polar surface area (TPSA) is 49.9 Å². The molecule has 0 fully saturated rings. The van der Waals surface area contributed by atoms with Gasteiger partial charge in [0.2, 0.25) is 0 Å². The van der Waals surface area contributed by atoms with Crippen molar-refractivity contribution in [2.24, 2.45) is 0 Å². The second-order valence-electron chi connectivity index (χ2n) is 2.56. The molecule has 1 aromatic carbocycles. The molecule has 3 heteroatoms. The van der Waals surface area contributed by atoms with Gasteiger partial charge in [-0.3, -0.25) is 0 Å². The van der Waals surface area contributed by atoms with Gasteiger partial charge in [-0.25, -0.2) is 0 Å². The Balaban J connectivity index is 0.000000791. The van der Waals surface area contributed by atoms with Gasteiger partial charge in [0.1, 0.15) is 0 Å². The summed E-state index contributed by atoms with van der Waals surface area (Å²) in [6.45, 7) is 5.92. The predicted octanol–water partition coefficient (Wildman–Crippen LogP) is 3.73. The second-order valence-corrected chi connectivity index (χ2v) is 3.00. The third kappa shape index (κ3) is 3.38. The molecule has 78 valence electrons. The van der Waals surface area contributed by atoms with Gasteiger partial charge in [-0.1, -0.05) is 32.4 Å². The number of anilines is 1. The number of nitrogens with two attached hydrogens (primary N) is 1. The molecule has 0 spiro atoms. The van der Waals surface area contributed by atoms with E-state index in [-0.39, 0.29) is 0 Å². The smallest absolute Gasteiger partial charge is 0.0414 e. The zero-order valence-electron chi connectivity index (χ0n) is 8.89. The lowest BCUT2D eigenvalue weighted by atomic mass is 10.1. The predicted molar refractivity (Wildman–Crippen MR) is 64.3 cm³/mol. The summed E-state index contributed by atoms with van der Waals surface area (Å²) in [5, 5.41) is 8.20. The fourth-order valence-electron chi connectivity index (χ4n) is 0.980. The first-order valence-corrected chi connectivity index (χ1v) is 5.15. The number of nitrogen functional groups attached to an aromatic ring is 1. The van der Waals surface area contributed by atoms with E-state index in [1.165, 1.54) is 0 Å². The van der Waals surface area contributed by atoms with Gasteiger partial charge in [-0.15, -0.1) is 0 Å². The first-order valence-electron chi connectivity index (χ1n) is 4.78. The lowest BCUT2D eigenvalue weighted by Gasteiger charge is -2.05. The highest BCUT2D eigenvalue weighted by atomic mass is 35.5. The van der Waals surface area contributed by atoms with Crippen molar-refractivity contribution in [1.29, 1.82) is 5.41 Å². The molecule has 0 bridgehead atoms. The second kappa shape index (κ2) is 6.44. The molecule has 0 amide bonds. The minimum absolute atomic E-state index is 0.523. The Kier molecular flexibility index (Phi) is 5.97. The van der Waals surface area contributed by atoms with Crippen LogP contribution in [0.2, 0.25) is 5.02 Å². The Bertz CT molecular complexity index is 308. The van der Waals surface area contributed by atoms with E-state index in [0.717, 1.165) is 5.56 Å². The first-order chi connectivity index (χ1) is 6.65. The van der Waals surface area contributed by atoms with Crippen LogP contribution in [0.1, 0.15) is 32.8 Å². The Morgan fingerprint density at radius 3 is 2.50 bits per heavy atom. The van der Waals surface area contributed by atoms with Crippen molar-refractivity contribution in [1.82, 2.24) is 0 Å². The van der Waals surface area contributed by atoms with Gasteiger partial charge in [0, 0.05) is 22.0 Å². The molecule has 0 radical (unpaired) electrons. The third-order valence-electron chi connectivity index (χ3n) is 1.69. The first kappa shape index (κ1) is 13.0. The third-order valence-corrected chi connectivity index (χ3v) is 1.93. The summed E-state index contributed by atoms with van der Waals surface area (Å²) in [4.78, 5) is 0. The van der Waals surface area contributed by atoms with E-state index in [9.17, 15) is 0 Å². The van der Waals surface area contributed by atoms with Gasteiger partial charge >= 0.3 is 0 Å². The number of nitrogens with one attached hydrogen (secondary N) is 1. The number of hydrogen-bond donors (Lipinski definition) is 2. The molecule has 0 aliphatic rings. The van der Waals surface area contributed by atoms with Gasteiger partial charge in [-0.2, -0.15) is 0 Å². The number of benzene rings is 1. The maximum absolute atomic E-state index is 7.58. The molecule has 3 N–H and O–H groups in total. The molecule has 1 rings (SSSR count). The molecule has 1 aromatic rings. The van der Waals surface area contributed by atoms with E-state index in [1.807, 2.05) is 20.8 Å². The lowest BCUT2D eigenvalue weighted by Crippen LogP contribution is -2.01. The van der Waals surface area contributed by atoms with E-state index >= 15 is 0 Å². The zero-order valence-corrected chi connectivity index (χ0v) is 9.65. The fourth-order valence-corrected chi connectivity index (χ4v) is 1.15. The van der Waals surface area contributed by atoms with Gasteiger partial charge in [-0.05, 0) is 24.6 Å². The minimum atomic E-state index is 0.523. The Labute approximate surface area is 90.6 Å². The van der Waals surface area contributed by atoms with Gasteiger partial charge in [0.25, 0.3) is 0 Å². The van der Waals surface area contributed by atoms with Crippen LogP contribution in [0.3, 0.4) is 0 Å². The zero-order chi connectivity index (χ0) is 11.1. The molecule has 0 saturated carbocycles. The highest BCUT2D eigenvalue weighted by molar-refractivity contribution is 6.31. The maximum atomic E-state index is 7.58. The molecular weight excluding hydrogens is 196 g/mol. The lowest BCUT2D eigenvalue weighted by molar-refractivity contribution is 1.24. The summed E-state index contributed by atoms with van der Waals surface area (Å²) >= 11 is 5.77. The van der Waals surface area contributed by atoms with Crippen LogP contribution >= 0.6 is 11.6 Å². The summed E-state index contributed by atoms with van der Waals surface area (Å²) in [6, 6.07) is 5.17. The summed E-state index contributed by atoms with van der Waals surface area (Å²) in [7, 11) is 0. The quantitative estimate of drug-likeness (QED) is 0.570. The normalized spacial score (nSPS) is 8.86. The van der Waals surface area contributed by atoms with E-state index in [2.05, 4.69) is 0 Å². The largest absolute Gasteiger partial charge is 0.398 e. The van der Waals surface area contributed by atoms with Crippen LogP contribution in [0.25, 0.3) is 0 Å². The van der Waals surface area contributed by atoms with Crippen molar-refractivity contribution < 1.29 is 0 Å². The molecular formula is C11H17ClN2. The highest BCUT2D eigenvalue weighted by Crippen LogP contribution is 2.18. The van der Waals surface area contributed by atoms with Crippen molar-refractivity contribution in [2.75, 3.05) is 5.73 Å². The van der Waals surface area contributed by atoms with Crippen molar-refractivity contribution in [3.8, 4) is 0 Å². The maximum Gasteiger partial charge on any atom is 0.0414 e. The average Bonchev–Trinajstić information content (AvgIpc) is 2.23. The highest BCUT2D eigenvalue weighted by Gasteiger charge is 2.03. The molecule has 14 heavy (non-hydrogen) atoms. The van der Waals surface area contributed by atoms with Crippen molar-refractivity contribution in [3.63, 3.8) is 0 Å². The minimum Gasteiger partial charge on any atom is -0.398 e. The molecule has 0 aromatic heterocycles. The molecule has 0 saturated heterocycles. The molecule has 0 aliphatic carbocycles. The van der Waals surface area contributed by atoms with Crippen LogP contribution < -0.4 is 5.73 Å². The van der Waals surface area contributed by atoms with Crippen LogP contribution in [-0.4, -0.2) is 5.71 Å². The standard InChI is InChI=1S/C9H11ClN2.C2H6/c1-2-8(11)7-5-6(10)3-4-9(7)12;1-2/h3-5,11H,2,12H2,1H3;1-2H3. The Morgan fingerprint density at radius 2 is 2.00 bits per heavy atom. The van der Waals surface area contributed by atoms with Gasteiger partial charge < -0.3 is 11.1 Å². The van der Waals surface area contributed by atoms with Crippen molar-refractivity contribution in [3.05, 3.63) is 28.8 Å². The fraction of sp³-hybridized carbons (Fsp3) is 0.364. The Morgan fingerprint density at radius 1 is 1.43 bits per heavy atom. The summed E-state index contributed by atoms with van der Waals surface area (Å²) in [6.07, 6.45) is 0.671. The summed E-state index contributed by atoms with van der Waals surface area (Å²) in [5.41, 5.74) is 7.55. The molecule has 0 heterocycles. The van der Waals surface area contributed by atoms with Gasteiger partial charge in [0.05, 0.1) is 0 Å². The number of halogens is 1. The monoisotopic (exact) mass is 212 g/mol. The summed E-state index contributed by atoms with van der Waals surface area (Å²) in [5.74, 6) is 0. The average molecular weight is 213 g/mol. The van der Waals surface area contributed by atoms with Crippen LogP contribution in [0.5, 0.6) is 0 Å². The Hall–Kier alpha value is -1.02. The van der Waals surface area contributed by atoms with Crippen LogP contribution in [-0.2, 0) is 0 Å². The SMILES string of the molecule is CC.CCC(=N)c1cc(Cl)ccc1N. The van der Waals surface area contributed by atoms with E-state index in [4.69, 9.17) is 22.7 Å². The van der Waals surface area contributed by atoms with Crippen molar-refractivity contribution in [2.45, 2.75) is 27.2 Å².